The summed E-state index contributed by atoms with van der Waals surface area (Å²) in [5.41, 5.74) is 2.17. The lowest BCUT2D eigenvalue weighted by molar-refractivity contribution is 0.0284. The van der Waals surface area contributed by atoms with Crippen LogP contribution in [-0.4, -0.2) is 38.6 Å². The maximum atomic E-state index is 12.4. The average Bonchev–Trinajstić information content (AvgIpc) is 2.82. The molecule has 2 amide bonds. The summed E-state index contributed by atoms with van der Waals surface area (Å²) in [5.74, 6) is 1.03. The molecule has 1 atom stereocenters. The highest BCUT2D eigenvalue weighted by Gasteiger charge is 2.19. The Labute approximate surface area is 192 Å². The van der Waals surface area contributed by atoms with E-state index in [-0.39, 0.29) is 13.2 Å². The topological polar surface area (TPSA) is 95.1 Å². The van der Waals surface area contributed by atoms with Gasteiger partial charge in [-0.1, -0.05) is 42.5 Å². The molecule has 3 aromatic carbocycles. The summed E-state index contributed by atoms with van der Waals surface area (Å²) in [6, 6.07) is 23.2. The lowest BCUT2D eigenvalue weighted by atomic mass is 10.2. The Kier molecular flexibility index (Phi) is 8.53. The van der Waals surface area contributed by atoms with Gasteiger partial charge in [-0.15, -0.1) is 0 Å². The van der Waals surface area contributed by atoms with E-state index in [1.54, 1.807) is 61.7 Å². The highest BCUT2D eigenvalue weighted by atomic mass is 16.6. The molecule has 2 N–H and O–H groups in total. The minimum atomic E-state index is -0.874. The van der Waals surface area contributed by atoms with E-state index < -0.39 is 18.3 Å². The largest absolute Gasteiger partial charge is 0.493 e. The molecule has 0 aliphatic rings. The van der Waals surface area contributed by atoms with Crippen LogP contribution in [0, 0.1) is 6.92 Å². The summed E-state index contributed by atoms with van der Waals surface area (Å²) in [4.78, 5) is 24.5. The van der Waals surface area contributed by atoms with Gasteiger partial charge in [-0.2, -0.15) is 0 Å². The molecule has 0 radical (unpaired) electrons. The van der Waals surface area contributed by atoms with Crippen LogP contribution in [0.2, 0.25) is 0 Å². The lowest BCUT2D eigenvalue weighted by Gasteiger charge is -2.20. The molecule has 8 nitrogen and oxygen atoms in total. The first-order valence-electron chi connectivity index (χ1n) is 10.3. The Bertz CT molecular complexity index is 1040. The van der Waals surface area contributed by atoms with Gasteiger partial charge >= 0.3 is 12.2 Å². The quantitative estimate of drug-likeness (QED) is 0.462. The van der Waals surface area contributed by atoms with Crippen molar-refractivity contribution in [1.82, 2.24) is 0 Å². The van der Waals surface area contributed by atoms with Crippen LogP contribution in [0.4, 0.5) is 21.0 Å². The molecule has 0 aliphatic heterocycles. The number of carbonyl (C=O) groups is 2. The monoisotopic (exact) mass is 450 g/mol. The van der Waals surface area contributed by atoms with Crippen molar-refractivity contribution in [1.29, 1.82) is 0 Å². The van der Waals surface area contributed by atoms with Crippen molar-refractivity contribution in [2.75, 3.05) is 31.0 Å². The number of benzene rings is 3. The summed E-state index contributed by atoms with van der Waals surface area (Å²) >= 11 is 0. The zero-order chi connectivity index (χ0) is 23.5. The van der Waals surface area contributed by atoms with Crippen molar-refractivity contribution in [3.63, 3.8) is 0 Å². The number of nitrogens with one attached hydrogen (secondary N) is 2. The van der Waals surface area contributed by atoms with Gasteiger partial charge in [0.05, 0.1) is 7.11 Å². The van der Waals surface area contributed by atoms with Crippen LogP contribution in [0.1, 0.15) is 5.56 Å². The molecule has 0 fully saturated rings. The summed E-state index contributed by atoms with van der Waals surface area (Å²) in [5, 5.41) is 5.24. The number of hydrogen-bond donors (Lipinski definition) is 2. The van der Waals surface area contributed by atoms with Gasteiger partial charge in [0.1, 0.15) is 13.2 Å². The molecule has 3 aromatic rings. The highest BCUT2D eigenvalue weighted by Crippen LogP contribution is 2.28. The molecule has 8 heteroatoms. The number of rotatable bonds is 9. The van der Waals surface area contributed by atoms with Crippen molar-refractivity contribution in [2.24, 2.45) is 0 Å². The van der Waals surface area contributed by atoms with Crippen LogP contribution in [-0.2, 0) is 9.47 Å². The molecule has 0 saturated heterocycles. The van der Waals surface area contributed by atoms with E-state index in [9.17, 15) is 9.59 Å². The van der Waals surface area contributed by atoms with E-state index in [2.05, 4.69) is 10.6 Å². The van der Waals surface area contributed by atoms with Gasteiger partial charge in [-0.3, -0.25) is 10.6 Å². The second-order valence-corrected chi connectivity index (χ2v) is 7.07. The maximum absolute atomic E-state index is 12.4. The second kappa shape index (κ2) is 12.0. The molecule has 0 heterocycles. The Morgan fingerprint density at radius 2 is 1.39 bits per heavy atom. The Morgan fingerprint density at radius 3 is 2.00 bits per heavy atom. The molecule has 0 spiro atoms. The van der Waals surface area contributed by atoms with Gasteiger partial charge in [-0.25, -0.2) is 9.59 Å². The first-order valence-corrected chi connectivity index (χ1v) is 10.3. The predicted molar refractivity (Wildman–Crippen MR) is 125 cm³/mol. The molecular weight excluding hydrogens is 424 g/mol. The van der Waals surface area contributed by atoms with Crippen LogP contribution in [0.15, 0.2) is 78.9 Å². The van der Waals surface area contributed by atoms with Crippen LogP contribution in [0.5, 0.6) is 11.5 Å². The number of anilines is 2. The number of aryl methyl sites for hydroxylation is 1. The maximum Gasteiger partial charge on any atom is 0.412 e. The third-order valence-electron chi connectivity index (χ3n) is 4.46. The fourth-order valence-electron chi connectivity index (χ4n) is 2.86. The first-order chi connectivity index (χ1) is 16.0. The Morgan fingerprint density at radius 1 is 0.788 bits per heavy atom. The second-order valence-electron chi connectivity index (χ2n) is 7.07. The predicted octanol–water partition coefficient (Wildman–Crippen LogP) is 5.25. The Hall–Kier alpha value is -4.20. The molecule has 3 rings (SSSR count). The molecule has 33 heavy (non-hydrogen) atoms. The van der Waals surface area contributed by atoms with Gasteiger partial charge in [0.15, 0.2) is 17.6 Å². The molecule has 0 bridgehead atoms. The number of ether oxygens (including phenoxy) is 4. The van der Waals surface area contributed by atoms with E-state index in [1.165, 1.54) is 0 Å². The van der Waals surface area contributed by atoms with Crippen LogP contribution in [0.3, 0.4) is 0 Å². The van der Waals surface area contributed by atoms with Crippen molar-refractivity contribution in [3.05, 3.63) is 84.4 Å². The number of hydrogen-bond acceptors (Lipinski definition) is 6. The number of methoxy groups -OCH3 is 1. The summed E-state index contributed by atoms with van der Waals surface area (Å²) in [7, 11) is 1.54. The number of carbonyl (C=O) groups excluding carboxylic acids is 2. The van der Waals surface area contributed by atoms with Gasteiger partial charge in [0.2, 0.25) is 0 Å². The van der Waals surface area contributed by atoms with Crippen LogP contribution in [0.25, 0.3) is 0 Å². The summed E-state index contributed by atoms with van der Waals surface area (Å²) < 4.78 is 21.9. The van der Waals surface area contributed by atoms with Gasteiger partial charge in [0, 0.05) is 11.4 Å². The Balaban J connectivity index is 1.61. The van der Waals surface area contributed by atoms with E-state index in [0.717, 1.165) is 5.56 Å². The minimum absolute atomic E-state index is 0.0553. The summed E-state index contributed by atoms with van der Waals surface area (Å²) in [6.07, 6.45) is -2.25. The van der Waals surface area contributed by atoms with Gasteiger partial charge < -0.3 is 18.9 Å². The number of amides is 2. The van der Waals surface area contributed by atoms with Crippen LogP contribution < -0.4 is 20.1 Å². The first kappa shape index (κ1) is 23.5. The van der Waals surface area contributed by atoms with E-state index >= 15 is 0 Å². The highest BCUT2D eigenvalue weighted by molar-refractivity contribution is 5.85. The van der Waals surface area contributed by atoms with Crippen molar-refractivity contribution < 1.29 is 28.5 Å². The van der Waals surface area contributed by atoms with Crippen molar-refractivity contribution >= 4 is 23.6 Å². The third kappa shape index (κ3) is 7.77. The fourth-order valence-corrected chi connectivity index (χ4v) is 2.86. The fraction of sp³-hybridized carbons (Fsp3) is 0.200. The molecule has 0 aromatic heterocycles. The number of para-hydroxylation sites is 2. The van der Waals surface area contributed by atoms with E-state index in [0.29, 0.717) is 22.9 Å². The van der Waals surface area contributed by atoms with Gasteiger partial charge in [-0.05, 0) is 48.9 Å². The molecule has 0 saturated carbocycles. The van der Waals surface area contributed by atoms with Crippen molar-refractivity contribution in [3.8, 4) is 11.5 Å². The minimum Gasteiger partial charge on any atom is -0.493 e. The third-order valence-corrected chi connectivity index (χ3v) is 4.46. The molecule has 0 aliphatic carbocycles. The van der Waals surface area contributed by atoms with Crippen LogP contribution >= 0.6 is 0 Å². The average molecular weight is 450 g/mol. The lowest BCUT2D eigenvalue weighted by Crippen LogP contribution is -2.33. The zero-order valence-electron chi connectivity index (χ0n) is 18.4. The smallest absolute Gasteiger partial charge is 0.412 e. The molecule has 1 unspecified atom stereocenters. The van der Waals surface area contributed by atoms with E-state index in [1.807, 2.05) is 31.2 Å². The van der Waals surface area contributed by atoms with E-state index in [4.69, 9.17) is 18.9 Å². The summed E-state index contributed by atoms with van der Waals surface area (Å²) in [6.45, 7) is 1.67. The van der Waals surface area contributed by atoms with Gasteiger partial charge in [0.25, 0.3) is 0 Å². The SMILES string of the molecule is COc1cc(C)ccc1OCC(COC(=O)Nc1ccccc1)OC(=O)Nc1ccccc1. The molecular formula is C25H26N2O6. The standard InChI is InChI=1S/C25H26N2O6/c1-18-13-14-22(23(15-18)30-2)31-16-21(33-25(29)27-20-11-7-4-8-12-20)17-32-24(28)26-19-9-5-3-6-10-19/h3-15,21H,16-17H2,1-2H3,(H,26,28)(H,27,29). The zero-order valence-corrected chi connectivity index (χ0v) is 18.4. The normalized spacial score (nSPS) is 11.1. The van der Waals surface area contributed by atoms with Crippen molar-refractivity contribution in [2.45, 2.75) is 13.0 Å². The molecule has 172 valence electrons.